The summed E-state index contributed by atoms with van der Waals surface area (Å²) in [5.41, 5.74) is 2.77. The SMILES string of the molecule is C=CCOC12Oc3ccc(OC(=O)Nc4ccc(OC)cc4OC)cc3C3C(CCCCO)C(CCCCO)C=C(C(=NOC)CC1N(CCOCCO)C(=O)C1CC1)C32. The van der Waals surface area contributed by atoms with Gasteiger partial charge in [-0.25, -0.2) is 4.79 Å². The fourth-order valence-electron chi connectivity index (χ4n) is 9.28. The van der Waals surface area contributed by atoms with E-state index in [0.29, 0.717) is 41.5 Å². The summed E-state index contributed by atoms with van der Waals surface area (Å²) in [7, 11) is 4.55. The van der Waals surface area contributed by atoms with Gasteiger partial charge in [-0.3, -0.25) is 10.1 Å². The molecule has 15 heteroatoms. The number of nitrogens with zero attached hydrogens (tertiary/aromatic N) is 2. The third-order valence-corrected chi connectivity index (χ3v) is 12.0. The minimum absolute atomic E-state index is 0.0194. The Morgan fingerprint density at radius 2 is 1.73 bits per heavy atom. The molecule has 0 bridgehead atoms. The molecule has 2 fully saturated rings. The number of aliphatic hydroxyl groups excluding tert-OH is 3. The van der Waals surface area contributed by atoms with Gasteiger partial charge >= 0.3 is 6.09 Å². The molecule has 1 aliphatic heterocycles. The number of hydrogen-bond donors (Lipinski definition) is 4. The van der Waals surface area contributed by atoms with Crippen molar-refractivity contribution >= 4 is 23.4 Å². The summed E-state index contributed by atoms with van der Waals surface area (Å²) in [6.07, 6.45) is 9.37. The molecule has 2 aromatic carbocycles. The Morgan fingerprint density at radius 3 is 2.42 bits per heavy atom. The fraction of sp³-hybridized carbons (Fsp3) is 0.578. The minimum Gasteiger partial charge on any atom is -0.497 e. The zero-order valence-corrected chi connectivity index (χ0v) is 35.0. The highest BCUT2D eigenvalue weighted by atomic mass is 16.7. The standard InChI is InChI=1S/C45H61N3O12/c1-5-22-58-45-40(48(18-23-57-24-21-51)43(52)29-12-13-29)28-37(47-56-4)34-25-30(10-6-8-19-49)33(11-7-9-20-50)41(42(34)45)35-26-32(15-17-38(35)60-45)59-44(53)46-36-16-14-31(54-2)27-39(36)55-3/h5,14-17,25-27,29-30,33,40-42,49-51H,1,6-13,18-24,28H2,2-4H3,(H,46,53). The van der Waals surface area contributed by atoms with Crippen molar-refractivity contribution in [3.8, 4) is 23.0 Å². The summed E-state index contributed by atoms with van der Waals surface area (Å²) in [6.45, 7) is 4.66. The second-order valence-electron chi connectivity index (χ2n) is 15.7. The van der Waals surface area contributed by atoms with Gasteiger partial charge in [-0.05, 0) is 86.3 Å². The average Bonchev–Trinajstić information content (AvgIpc) is 4.11. The molecule has 2 aromatic rings. The molecule has 1 heterocycles. The van der Waals surface area contributed by atoms with Gasteiger partial charge in [0, 0.05) is 49.6 Å². The smallest absolute Gasteiger partial charge is 0.417 e. The van der Waals surface area contributed by atoms with Crippen LogP contribution >= 0.6 is 0 Å². The van der Waals surface area contributed by atoms with Crippen molar-refractivity contribution in [2.75, 3.05) is 72.8 Å². The molecule has 2 saturated carbocycles. The Morgan fingerprint density at radius 1 is 0.967 bits per heavy atom. The minimum atomic E-state index is -1.43. The third kappa shape index (κ3) is 9.92. The van der Waals surface area contributed by atoms with Crippen molar-refractivity contribution < 1.29 is 58.2 Å². The molecule has 0 radical (unpaired) electrons. The Hall–Kier alpha value is -4.67. The molecule has 4 aliphatic rings. The normalized spacial score (nSPS) is 24.6. The first kappa shape index (κ1) is 44.9. The lowest BCUT2D eigenvalue weighted by molar-refractivity contribution is -0.258. The van der Waals surface area contributed by atoms with Gasteiger partial charge in [0.15, 0.2) is 0 Å². The van der Waals surface area contributed by atoms with Crippen molar-refractivity contribution in [3.05, 3.63) is 66.3 Å². The number of carbonyl (C=O) groups is 2. The Balaban J connectivity index is 1.50. The van der Waals surface area contributed by atoms with Gasteiger partial charge in [0.2, 0.25) is 11.7 Å². The molecule has 3 aliphatic carbocycles. The summed E-state index contributed by atoms with van der Waals surface area (Å²) < 4.78 is 36.7. The van der Waals surface area contributed by atoms with Crippen molar-refractivity contribution in [3.63, 3.8) is 0 Å². The Kier molecular flexibility index (Phi) is 15.9. The van der Waals surface area contributed by atoms with Gasteiger partial charge in [0.25, 0.3) is 0 Å². The molecule has 6 atom stereocenters. The van der Waals surface area contributed by atoms with E-state index in [-0.39, 0.29) is 87.9 Å². The maximum atomic E-state index is 14.4. The number of methoxy groups -OCH3 is 2. The van der Waals surface area contributed by atoms with Crippen LogP contribution in [0.2, 0.25) is 0 Å². The molecule has 15 nitrogen and oxygen atoms in total. The van der Waals surface area contributed by atoms with Crippen LogP contribution in [0.1, 0.15) is 69.3 Å². The summed E-state index contributed by atoms with van der Waals surface area (Å²) in [4.78, 5) is 35.2. The van der Waals surface area contributed by atoms with Crippen molar-refractivity contribution in [2.24, 2.45) is 28.8 Å². The van der Waals surface area contributed by atoms with Crippen molar-refractivity contribution in [1.82, 2.24) is 4.90 Å². The van der Waals surface area contributed by atoms with E-state index in [1.807, 2.05) is 11.0 Å². The van der Waals surface area contributed by atoms with E-state index in [1.54, 1.807) is 43.5 Å². The van der Waals surface area contributed by atoms with Crippen molar-refractivity contribution in [2.45, 2.75) is 75.5 Å². The van der Waals surface area contributed by atoms with E-state index >= 15 is 0 Å². The number of benzene rings is 2. The van der Waals surface area contributed by atoms with Crippen LogP contribution in [0.5, 0.6) is 23.0 Å². The molecular weight excluding hydrogens is 775 g/mol. The van der Waals surface area contributed by atoms with Crippen LogP contribution < -0.4 is 24.3 Å². The number of rotatable bonds is 23. The highest BCUT2D eigenvalue weighted by Gasteiger charge is 2.66. The number of ether oxygens (including phenoxy) is 6. The first-order valence-electron chi connectivity index (χ1n) is 21.1. The van der Waals surface area contributed by atoms with Crippen LogP contribution in [0, 0.1) is 23.7 Å². The number of anilines is 1. The maximum Gasteiger partial charge on any atom is 0.417 e. The summed E-state index contributed by atoms with van der Waals surface area (Å²) >= 11 is 0. The molecule has 328 valence electrons. The number of nitrogens with one attached hydrogen (secondary N) is 1. The third-order valence-electron chi connectivity index (χ3n) is 12.0. The molecule has 0 aromatic heterocycles. The lowest BCUT2D eigenvalue weighted by Crippen LogP contribution is -2.70. The quantitative estimate of drug-likeness (QED) is 0.0598. The van der Waals surface area contributed by atoms with Crippen LogP contribution in [0.4, 0.5) is 10.5 Å². The second kappa shape index (κ2) is 21.2. The average molecular weight is 836 g/mol. The van der Waals surface area contributed by atoms with Gasteiger partial charge in [-0.1, -0.05) is 30.1 Å². The van der Waals surface area contributed by atoms with E-state index in [1.165, 1.54) is 14.2 Å². The number of amides is 2. The highest BCUT2D eigenvalue weighted by molar-refractivity contribution is 6.03. The van der Waals surface area contributed by atoms with Gasteiger partial charge < -0.3 is 53.5 Å². The number of hydrogen-bond acceptors (Lipinski definition) is 13. The molecule has 6 rings (SSSR count). The largest absolute Gasteiger partial charge is 0.497 e. The van der Waals surface area contributed by atoms with E-state index in [4.69, 9.17) is 33.3 Å². The number of carbonyl (C=O) groups excluding carboxylic acids is 2. The molecule has 0 spiro atoms. The summed E-state index contributed by atoms with van der Waals surface area (Å²) in [6, 6.07) is 9.67. The first-order valence-corrected chi connectivity index (χ1v) is 21.1. The Labute approximate surface area is 352 Å². The molecule has 6 unspecified atom stereocenters. The van der Waals surface area contributed by atoms with Crippen LogP contribution in [-0.4, -0.2) is 117 Å². The summed E-state index contributed by atoms with van der Waals surface area (Å²) in [5.74, 6) is -0.632. The van der Waals surface area contributed by atoms with E-state index < -0.39 is 23.8 Å². The van der Waals surface area contributed by atoms with E-state index in [2.05, 4.69) is 23.1 Å². The van der Waals surface area contributed by atoms with Gasteiger partial charge in [-0.15, -0.1) is 6.58 Å². The zero-order chi connectivity index (χ0) is 42.6. The highest BCUT2D eigenvalue weighted by Crippen LogP contribution is 2.62. The molecular formula is C45H61N3O12. The lowest BCUT2D eigenvalue weighted by atomic mass is 9.55. The van der Waals surface area contributed by atoms with Crippen LogP contribution in [0.3, 0.4) is 0 Å². The second-order valence-corrected chi connectivity index (χ2v) is 15.7. The molecule has 4 N–H and O–H groups in total. The number of fused-ring (bicyclic) bond motifs is 2. The zero-order valence-electron chi connectivity index (χ0n) is 35.0. The predicted octanol–water partition coefficient (Wildman–Crippen LogP) is 5.83. The van der Waals surface area contributed by atoms with E-state index in [9.17, 15) is 24.9 Å². The van der Waals surface area contributed by atoms with E-state index in [0.717, 1.165) is 49.7 Å². The number of allylic oxidation sites excluding steroid dienone is 1. The van der Waals surface area contributed by atoms with Crippen LogP contribution in [0.15, 0.2) is 65.9 Å². The monoisotopic (exact) mass is 835 g/mol. The Bertz CT molecular complexity index is 1850. The molecule has 60 heavy (non-hydrogen) atoms. The predicted molar refractivity (Wildman–Crippen MR) is 224 cm³/mol. The molecule has 2 amide bonds. The van der Waals surface area contributed by atoms with Crippen LogP contribution in [0.25, 0.3) is 0 Å². The number of oxime groups is 1. The number of unbranched alkanes of at least 4 members (excludes halogenated alkanes) is 2. The lowest BCUT2D eigenvalue weighted by Gasteiger charge is -2.60. The maximum absolute atomic E-state index is 14.4. The van der Waals surface area contributed by atoms with Gasteiger partial charge in [0.1, 0.15) is 36.1 Å². The summed E-state index contributed by atoms with van der Waals surface area (Å²) in [5, 5.41) is 36.6. The number of aliphatic hydroxyl groups is 3. The van der Waals surface area contributed by atoms with Crippen LogP contribution in [-0.2, 0) is 19.1 Å². The van der Waals surface area contributed by atoms with Crippen molar-refractivity contribution in [1.29, 1.82) is 0 Å². The van der Waals surface area contributed by atoms with Gasteiger partial charge in [0.05, 0.1) is 58.0 Å². The molecule has 0 saturated heterocycles. The topological polar surface area (TPSA) is 187 Å². The van der Waals surface area contributed by atoms with Gasteiger partial charge in [-0.2, -0.15) is 0 Å². The first-order chi connectivity index (χ1) is 29.3. The fourth-order valence-corrected chi connectivity index (χ4v) is 9.28.